The molecule has 0 amide bonds. The SMILES string of the molecule is CCOc1ccccc1C1=CC(=O)CC(=S)C1CCOC. The van der Waals surface area contributed by atoms with Crippen LogP contribution in [0.4, 0.5) is 0 Å². The van der Waals surface area contributed by atoms with Gasteiger partial charge in [0.1, 0.15) is 5.75 Å². The highest BCUT2D eigenvalue weighted by atomic mass is 32.1. The second-order valence-corrected chi connectivity index (χ2v) is 5.50. The number of rotatable bonds is 6. The zero-order chi connectivity index (χ0) is 15.2. The minimum Gasteiger partial charge on any atom is -0.493 e. The summed E-state index contributed by atoms with van der Waals surface area (Å²) in [6.07, 6.45) is 2.85. The number of thiocarbonyl (C=S) groups is 1. The summed E-state index contributed by atoms with van der Waals surface area (Å²) in [5.74, 6) is 0.931. The maximum absolute atomic E-state index is 11.9. The van der Waals surface area contributed by atoms with Crippen molar-refractivity contribution in [2.24, 2.45) is 5.92 Å². The van der Waals surface area contributed by atoms with Crippen LogP contribution in [0.3, 0.4) is 0 Å². The van der Waals surface area contributed by atoms with Crippen LogP contribution >= 0.6 is 12.2 Å². The molecule has 21 heavy (non-hydrogen) atoms. The Balaban J connectivity index is 2.41. The Bertz CT molecular complexity index is 563. The zero-order valence-corrected chi connectivity index (χ0v) is 13.2. The van der Waals surface area contributed by atoms with Crippen LogP contribution in [-0.4, -0.2) is 31.0 Å². The van der Waals surface area contributed by atoms with E-state index in [9.17, 15) is 4.79 Å². The largest absolute Gasteiger partial charge is 0.493 e. The fourth-order valence-corrected chi connectivity index (χ4v) is 2.98. The van der Waals surface area contributed by atoms with E-state index in [-0.39, 0.29) is 11.7 Å². The van der Waals surface area contributed by atoms with Gasteiger partial charge >= 0.3 is 0 Å². The van der Waals surface area contributed by atoms with E-state index in [1.807, 2.05) is 31.2 Å². The fraction of sp³-hybridized carbons (Fsp3) is 0.412. The van der Waals surface area contributed by atoms with Crippen molar-refractivity contribution in [3.63, 3.8) is 0 Å². The average molecular weight is 304 g/mol. The van der Waals surface area contributed by atoms with Crippen molar-refractivity contribution in [1.82, 2.24) is 0 Å². The summed E-state index contributed by atoms with van der Waals surface area (Å²) in [5.41, 5.74) is 1.91. The van der Waals surface area contributed by atoms with Crippen LogP contribution in [0.15, 0.2) is 30.3 Å². The molecule has 0 N–H and O–H groups in total. The summed E-state index contributed by atoms with van der Waals surface area (Å²) >= 11 is 5.44. The molecule has 0 aliphatic heterocycles. The number of para-hydroxylation sites is 1. The van der Waals surface area contributed by atoms with Crippen LogP contribution in [-0.2, 0) is 9.53 Å². The summed E-state index contributed by atoms with van der Waals surface area (Å²) in [4.78, 5) is 12.7. The van der Waals surface area contributed by atoms with Gasteiger partial charge in [-0.05, 0) is 31.1 Å². The topological polar surface area (TPSA) is 35.5 Å². The molecule has 1 aliphatic rings. The maximum Gasteiger partial charge on any atom is 0.160 e. The molecule has 0 fully saturated rings. The highest BCUT2D eigenvalue weighted by molar-refractivity contribution is 7.80. The average Bonchev–Trinajstić information content (AvgIpc) is 2.47. The van der Waals surface area contributed by atoms with E-state index in [1.54, 1.807) is 13.2 Å². The highest BCUT2D eigenvalue weighted by Crippen LogP contribution is 2.37. The van der Waals surface area contributed by atoms with Crippen molar-refractivity contribution in [2.45, 2.75) is 19.8 Å². The molecule has 0 radical (unpaired) electrons. The number of allylic oxidation sites excluding steroid dienone is 2. The predicted octanol–water partition coefficient (Wildman–Crippen LogP) is 3.46. The van der Waals surface area contributed by atoms with Gasteiger partial charge in [-0.2, -0.15) is 0 Å². The third-order valence-corrected chi connectivity index (χ3v) is 3.97. The molecule has 0 aromatic heterocycles. The van der Waals surface area contributed by atoms with Crippen molar-refractivity contribution in [3.8, 4) is 5.75 Å². The van der Waals surface area contributed by atoms with Gasteiger partial charge in [0.15, 0.2) is 5.78 Å². The molecule has 1 unspecified atom stereocenters. The maximum atomic E-state index is 11.9. The molecule has 1 aromatic rings. The summed E-state index contributed by atoms with van der Waals surface area (Å²) in [6.45, 7) is 3.16. The standard InChI is InChI=1S/C17H20O3S/c1-3-20-16-7-5-4-6-13(16)15-10-12(18)11-17(21)14(15)8-9-19-2/h4-7,10,14H,3,8-9,11H2,1-2H3. The summed E-state index contributed by atoms with van der Waals surface area (Å²) in [6, 6.07) is 7.80. The first kappa shape index (κ1) is 15.9. The van der Waals surface area contributed by atoms with Crippen LogP contribution in [0.25, 0.3) is 5.57 Å². The van der Waals surface area contributed by atoms with Gasteiger partial charge < -0.3 is 9.47 Å². The Morgan fingerprint density at radius 3 is 2.81 bits per heavy atom. The van der Waals surface area contributed by atoms with E-state index >= 15 is 0 Å². The van der Waals surface area contributed by atoms with Crippen molar-refractivity contribution < 1.29 is 14.3 Å². The van der Waals surface area contributed by atoms with E-state index < -0.39 is 0 Å². The summed E-state index contributed by atoms with van der Waals surface area (Å²) in [7, 11) is 1.68. The second kappa shape index (κ2) is 7.48. The van der Waals surface area contributed by atoms with E-state index in [0.717, 1.165) is 28.2 Å². The van der Waals surface area contributed by atoms with Gasteiger partial charge in [-0.3, -0.25) is 4.79 Å². The lowest BCUT2D eigenvalue weighted by Gasteiger charge is -2.26. The number of ketones is 1. The third kappa shape index (κ3) is 3.77. The summed E-state index contributed by atoms with van der Waals surface area (Å²) in [5, 5.41) is 0. The van der Waals surface area contributed by atoms with Crippen LogP contribution in [0.2, 0.25) is 0 Å². The smallest absolute Gasteiger partial charge is 0.160 e. The van der Waals surface area contributed by atoms with E-state index in [0.29, 0.717) is 19.6 Å². The Labute approximate surface area is 130 Å². The molecule has 0 spiro atoms. The molecule has 1 aliphatic carbocycles. The van der Waals surface area contributed by atoms with E-state index in [1.165, 1.54) is 0 Å². The number of methoxy groups -OCH3 is 1. The molecule has 1 atom stereocenters. The first-order valence-electron chi connectivity index (χ1n) is 7.15. The first-order chi connectivity index (χ1) is 10.2. The number of benzene rings is 1. The summed E-state index contributed by atoms with van der Waals surface area (Å²) < 4.78 is 10.9. The van der Waals surface area contributed by atoms with Gasteiger partial charge in [0.25, 0.3) is 0 Å². The monoisotopic (exact) mass is 304 g/mol. The number of carbonyl (C=O) groups is 1. The van der Waals surface area contributed by atoms with Crippen LogP contribution < -0.4 is 4.74 Å². The normalized spacial score (nSPS) is 18.6. The van der Waals surface area contributed by atoms with Gasteiger partial charge in [0.2, 0.25) is 0 Å². The number of carbonyl (C=O) groups excluding carboxylic acids is 1. The number of ether oxygens (including phenoxy) is 2. The minimum absolute atomic E-state index is 0.0648. The highest BCUT2D eigenvalue weighted by Gasteiger charge is 2.28. The molecule has 1 aromatic carbocycles. The lowest BCUT2D eigenvalue weighted by Crippen LogP contribution is -2.24. The van der Waals surface area contributed by atoms with Crippen LogP contribution in [0, 0.1) is 5.92 Å². The Hall–Kier alpha value is -1.52. The van der Waals surface area contributed by atoms with Crippen molar-refractivity contribution in [1.29, 1.82) is 0 Å². The molecule has 112 valence electrons. The molecule has 0 saturated heterocycles. The molecular formula is C17H20O3S. The van der Waals surface area contributed by atoms with Gasteiger partial charge in [-0.25, -0.2) is 0 Å². The lowest BCUT2D eigenvalue weighted by molar-refractivity contribution is -0.113. The quantitative estimate of drug-likeness (QED) is 0.754. The Kier molecular flexibility index (Phi) is 5.65. The van der Waals surface area contributed by atoms with Gasteiger partial charge in [-0.15, -0.1) is 0 Å². The van der Waals surface area contributed by atoms with Crippen LogP contribution in [0.5, 0.6) is 5.75 Å². The molecule has 2 rings (SSSR count). The van der Waals surface area contributed by atoms with Crippen LogP contribution in [0.1, 0.15) is 25.3 Å². The third-order valence-electron chi connectivity index (χ3n) is 3.54. The van der Waals surface area contributed by atoms with E-state index in [4.69, 9.17) is 21.7 Å². The molecule has 0 heterocycles. The predicted molar refractivity (Wildman–Crippen MR) is 87.8 cm³/mol. The molecule has 3 nitrogen and oxygen atoms in total. The lowest BCUT2D eigenvalue weighted by atomic mass is 9.81. The van der Waals surface area contributed by atoms with Crippen molar-refractivity contribution in [3.05, 3.63) is 35.9 Å². The molecule has 0 saturated carbocycles. The zero-order valence-electron chi connectivity index (χ0n) is 12.4. The van der Waals surface area contributed by atoms with Crippen molar-refractivity contribution >= 4 is 28.4 Å². The molecule has 0 bridgehead atoms. The number of hydrogen-bond acceptors (Lipinski definition) is 4. The van der Waals surface area contributed by atoms with Gasteiger partial charge in [0.05, 0.1) is 6.61 Å². The first-order valence-corrected chi connectivity index (χ1v) is 7.56. The number of hydrogen-bond donors (Lipinski definition) is 0. The second-order valence-electron chi connectivity index (χ2n) is 4.97. The minimum atomic E-state index is 0.0648. The Morgan fingerprint density at radius 1 is 1.33 bits per heavy atom. The van der Waals surface area contributed by atoms with E-state index in [2.05, 4.69) is 0 Å². The molecular weight excluding hydrogens is 284 g/mol. The van der Waals surface area contributed by atoms with Gasteiger partial charge in [-0.1, -0.05) is 30.4 Å². The van der Waals surface area contributed by atoms with Crippen molar-refractivity contribution in [2.75, 3.05) is 20.3 Å². The Morgan fingerprint density at radius 2 is 2.10 bits per heavy atom. The fourth-order valence-electron chi connectivity index (χ4n) is 2.60. The molecule has 4 heteroatoms. The van der Waals surface area contributed by atoms with Gasteiger partial charge in [0, 0.05) is 36.5 Å².